The van der Waals surface area contributed by atoms with Crippen LogP contribution in [0, 0.1) is 6.92 Å². The lowest BCUT2D eigenvalue weighted by atomic mass is 10.2. The maximum absolute atomic E-state index is 5.50. The Morgan fingerprint density at radius 1 is 1.38 bits per heavy atom. The summed E-state index contributed by atoms with van der Waals surface area (Å²) in [5.41, 5.74) is 0. The normalized spacial score (nSPS) is 17.2. The van der Waals surface area contributed by atoms with E-state index in [0.29, 0.717) is 30.7 Å². The maximum Gasteiger partial charge on any atom is 0.228 e. The van der Waals surface area contributed by atoms with Crippen molar-refractivity contribution in [3.8, 4) is 0 Å². The molecule has 9 heteroatoms. The fourth-order valence-electron chi connectivity index (χ4n) is 2.92. The second-order valence-electron chi connectivity index (χ2n) is 6.04. The third-order valence-electron chi connectivity index (χ3n) is 4.25. The molecule has 1 saturated heterocycles. The van der Waals surface area contributed by atoms with Gasteiger partial charge in [0, 0.05) is 44.5 Å². The molecular weight excluding hydrogens is 352 g/mol. The van der Waals surface area contributed by atoms with E-state index in [1.807, 2.05) is 6.92 Å². The smallest absolute Gasteiger partial charge is 0.228 e. The number of ether oxygens (including phenoxy) is 1. The Morgan fingerprint density at radius 2 is 2.23 bits per heavy atom. The van der Waals surface area contributed by atoms with Crippen LogP contribution >= 0.6 is 11.3 Å². The second kappa shape index (κ2) is 9.65. The van der Waals surface area contributed by atoms with Gasteiger partial charge in [-0.3, -0.25) is 9.89 Å². The Balaban J connectivity index is 1.51. The van der Waals surface area contributed by atoms with Crippen molar-refractivity contribution >= 4 is 17.3 Å². The number of morpholine rings is 1. The quantitative estimate of drug-likeness (QED) is 0.553. The third-order valence-corrected chi connectivity index (χ3v) is 5.22. The van der Waals surface area contributed by atoms with Gasteiger partial charge in [0.15, 0.2) is 11.8 Å². The number of aliphatic imine (C=N–C) groups is 1. The second-order valence-corrected chi connectivity index (χ2v) is 7.02. The van der Waals surface area contributed by atoms with Crippen molar-refractivity contribution < 1.29 is 9.26 Å². The molecule has 1 aliphatic rings. The van der Waals surface area contributed by atoms with Crippen LogP contribution in [0.4, 0.5) is 0 Å². The topological polar surface area (TPSA) is 87.8 Å². The number of nitrogens with one attached hydrogen (secondary N) is 2. The highest BCUT2D eigenvalue weighted by molar-refractivity contribution is 7.10. The molecule has 2 aromatic rings. The Morgan fingerprint density at radius 3 is 2.88 bits per heavy atom. The summed E-state index contributed by atoms with van der Waals surface area (Å²) in [6.07, 6.45) is 0.666. The maximum atomic E-state index is 5.50. The SMILES string of the molecule is CN=C(NCCc1nc(C)no1)NCC(c1cccs1)N1CCOCC1. The van der Waals surface area contributed by atoms with Gasteiger partial charge in [-0.1, -0.05) is 11.2 Å². The van der Waals surface area contributed by atoms with Crippen molar-refractivity contribution in [2.45, 2.75) is 19.4 Å². The lowest BCUT2D eigenvalue weighted by molar-refractivity contribution is 0.0177. The summed E-state index contributed by atoms with van der Waals surface area (Å²) in [7, 11) is 1.78. The molecule has 142 valence electrons. The van der Waals surface area contributed by atoms with E-state index in [9.17, 15) is 0 Å². The van der Waals surface area contributed by atoms with Gasteiger partial charge in [0.1, 0.15) is 0 Å². The van der Waals surface area contributed by atoms with E-state index >= 15 is 0 Å². The minimum Gasteiger partial charge on any atom is -0.379 e. The molecule has 2 N–H and O–H groups in total. The Hall–Kier alpha value is -1.97. The largest absolute Gasteiger partial charge is 0.379 e. The molecule has 26 heavy (non-hydrogen) atoms. The summed E-state index contributed by atoms with van der Waals surface area (Å²) in [6, 6.07) is 4.61. The zero-order valence-corrected chi connectivity index (χ0v) is 16.1. The van der Waals surface area contributed by atoms with Crippen molar-refractivity contribution in [1.29, 1.82) is 0 Å². The summed E-state index contributed by atoms with van der Waals surface area (Å²) in [6.45, 7) is 6.77. The van der Waals surface area contributed by atoms with E-state index in [0.717, 1.165) is 38.8 Å². The van der Waals surface area contributed by atoms with Crippen molar-refractivity contribution in [2.24, 2.45) is 4.99 Å². The molecule has 0 spiro atoms. The fourth-order valence-corrected chi connectivity index (χ4v) is 3.78. The minimum absolute atomic E-state index is 0.316. The van der Waals surface area contributed by atoms with E-state index in [2.05, 4.69) is 48.2 Å². The van der Waals surface area contributed by atoms with Crippen LogP contribution in [0.15, 0.2) is 27.0 Å². The highest BCUT2D eigenvalue weighted by atomic mass is 32.1. The number of aromatic nitrogens is 2. The average molecular weight is 379 g/mol. The molecule has 1 fully saturated rings. The predicted molar refractivity (Wildman–Crippen MR) is 102 cm³/mol. The number of thiophene rings is 1. The molecule has 3 rings (SSSR count). The number of guanidine groups is 1. The molecule has 1 unspecified atom stereocenters. The molecule has 8 nitrogen and oxygen atoms in total. The van der Waals surface area contributed by atoms with Crippen LogP contribution in [0.2, 0.25) is 0 Å². The lowest BCUT2D eigenvalue weighted by Gasteiger charge is -2.34. The standard InChI is InChI=1S/C17H26N6O2S/c1-13-21-16(25-22-13)5-6-19-17(18-2)20-12-14(15-4-3-11-26-15)23-7-9-24-10-8-23/h3-4,11,14H,5-10,12H2,1-2H3,(H2,18,19,20). The Bertz CT molecular complexity index is 681. The first-order chi connectivity index (χ1) is 12.8. The molecule has 1 atom stereocenters. The summed E-state index contributed by atoms with van der Waals surface area (Å²) in [5, 5.41) is 12.7. The molecule has 2 aromatic heterocycles. The third kappa shape index (κ3) is 5.26. The molecule has 3 heterocycles. The molecule has 0 amide bonds. The van der Waals surface area contributed by atoms with Crippen LogP contribution in [-0.2, 0) is 11.2 Å². The van der Waals surface area contributed by atoms with E-state index in [4.69, 9.17) is 9.26 Å². The number of hydrogen-bond acceptors (Lipinski definition) is 7. The van der Waals surface area contributed by atoms with Gasteiger partial charge in [-0.05, 0) is 18.4 Å². The van der Waals surface area contributed by atoms with Crippen molar-refractivity contribution in [3.63, 3.8) is 0 Å². The number of rotatable bonds is 7. The van der Waals surface area contributed by atoms with Gasteiger partial charge in [-0.2, -0.15) is 4.98 Å². The van der Waals surface area contributed by atoms with Crippen molar-refractivity contribution in [1.82, 2.24) is 25.7 Å². The first-order valence-corrected chi connectivity index (χ1v) is 9.73. The fraction of sp³-hybridized carbons (Fsp3) is 0.588. The first-order valence-electron chi connectivity index (χ1n) is 8.85. The van der Waals surface area contributed by atoms with Gasteiger partial charge in [0.2, 0.25) is 5.89 Å². The summed E-state index contributed by atoms with van der Waals surface area (Å²) >= 11 is 1.79. The van der Waals surface area contributed by atoms with E-state index in [1.54, 1.807) is 18.4 Å². The molecule has 0 aromatic carbocycles. The van der Waals surface area contributed by atoms with E-state index in [-0.39, 0.29) is 0 Å². The zero-order chi connectivity index (χ0) is 18.2. The molecule has 1 aliphatic heterocycles. The molecule has 0 bridgehead atoms. The van der Waals surface area contributed by atoms with Crippen LogP contribution in [0.25, 0.3) is 0 Å². The summed E-state index contributed by atoms with van der Waals surface area (Å²) < 4.78 is 10.6. The predicted octanol–water partition coefficient (Wildman–Crippen LogP) is 1.22. The highest BCUT2D eigenvalue weighted by Crippen LogP contribution is 2.25. The van der Waals surface area contributed by atoms with Gasteiger partial charge < -0.3 is 19.9 Å². The summed E-state index contributed by atoms with van der Waals surface area (Å²) in [5.74, 6) is 2.07. The highest BCUT2D eigenvalue weighted by Gasteiger charge is 2.23. The molecule has 0 aliphatic carbocycles. The Kier molecular flexibility index (Phi) is 6.98. The van der Waals surface area contributed by atoms with E-state index in [1.165, 1.54) is 4.88 Å². The van der Waals surface area contributed by atoms with Crippen LogP contribution < -0.4 is 10.6 Å². The minimum atomic E-state index is 0.316. The van der Waals surface area contributed by atoms with E-state index < -0.39 is 0 Å². The van der Waals surface area contributed by atoms with Crippen LogP contribution in [-0.4, -0.2) is 67.4 Å². The summed E-state index contributed by atoms with van der Waals surface area (Å²) in [4.78, 5) is 12.3. The van der Waals surface area contributed by atoms with Crippen molar-refractivity contribution in [2.75, 3.05) is 46.4 Å². The monoisotopic (exact) mass is 378 g/mol. The van der Waals surface area contributed by atoms with Crippen LogP contribution in [0.5, 0.6) is 0 Å². The first kappa shape index (κ1) is 18.8. The average Bonchev–Trinajstić information content (AvgIpc) is 3.33. The van der Waals surface area contributed by atoms with Crippen molar-refractivity contribution in [3.05, 3.63) is 34.1 Å². The van der Waals surface area contributed by atoms with Gasteiger partial charge in [-0.25, -0.2) is 0 Å². The van der Waals surface area contributed by atoms with Gasteiger partial charge >= 0.3 is 0 Å². The molecule has 0 saturated carbocycles. The molecule has 0 radical (unpaired) electrons. The zero-order valence-electron chi connectivity index (χ0n) is 15.3. The Labute approximate surface area is 157 Å². The number of hydrogen-bond donors (Lipinski definition) is 2. The van der Waals surface area contributed by atoms with Gasteiger partial charge in [0.05, 0.1) is 19.3 Å². The van der Waals surface area contributed by atoms with Gasteiger partial charge in [-0.15, -0.1) is 11.3 Å². The van der Waals surface area contributed by atoms with Gasteiger partial charge in [0.25, 0.3) is 0 Å². The molecular formula is C17H26N6O2S. The number of nitrogens with zero attached hydrogens (tertiary/aromatic N) is 4. The van der Waals surface area contributed by atoms with Crippen LogP contribution in [0.1, 0.15) is 22.6 Å². The van der Waals surface area contributed by atoms with Crippen LogP contribution in [0.3, 0.4) is 0 Å². The number of aryl methyl sites for hydroxylation is 1. The lowest BCUT2D eigenvalue weighted by Crippen LogP contribution is -2.46.